The zero-order valence-corrected chi connectivity index (χ0v) is 20.5. The largest absolute Gasteiger partial charge is 0.357 e. The Morgan fingerprint density at radius 3 is 1.93 bits per heavy atom. The van der Waals surface area contributed by atoms with E-state index in [2.05, 4.69) is 51.3 Å². The molecule has 4 rings (SSSR count). The number of hydrogen-bond donors (Lipinski definition) is 0. The van der Waals surface area contributed by atoms with Crippen molar-refractivity contribution < 1.29 is 8.97 Å². The molecule has 4 aliphatic rings. The number of rotatable bonds is 6. The molecule has 0 bridgehead atoms. The summed E-state index contributed by atoms with van der Waals surface area (Å²) in [4.78, 5) is 6.20. The highest BCUT2D eigenvalue weighted by molar-refractivity contribution is 4.99. The normalized spacial score (nSPS) is 36.8. The summed E-state index contributed by atoms with van der Waals surface area (Å²) in [5, 5.41) is 0. The maximum atomic E-state index is 3.13. The molecule has 0 radical (unpaired) electrons. The molecule has 0 aromatic carbocycles. The second kappa shape index (κ2) is 8.07. The summed E-state index contributed by atoms with van der Waals surface area (Å²) in [6.07, 6.45) is 11.2. The van der Waals surface area contributed by atoms with Gasteiger partial charge in [-0.1, -0.05) is 26.7 Å². The van der Waals surface area contributed by atoms with Crippen molar-refractivity contribution in [2.75, 3.05) is 39.3 Å². The molecule has 4 aliphatic heterocycles. The lowest BCUT2D eigenvalue weighted by atomic mass is 10.1. The molecule has 3 atom stereocenters. The molecule has 0 N–H and O–H groups in total. The lowest BCUT2D eigenvalue weighted by molar-refractivity contribution is -1.17. The lowest BCUT2D eigenvalue weighted by Crippen LogP contribution is -2.84. The smallest absolute Gasteiger partial charge is 0.241 e. The third kappa shape index (κ3) is 2.84. The van der Waals surface area contributed by atoms with Gasteiger partial charge in [-0.25, -0.2) is 8.97 Å². The minimum atomic E-state index is 0.203. The fourth-order valence-electron chi connectivity index (χ4n) is 8.73. The van der Waals surface area contributed by atoms with Crippen molar-refractivity contribution >= 4 is 0 Å². The molecule has 4 nitrogen and oxygen atoms in total. The first-order valence-electron chi connectivity index (χ1n) is 13.2. The zero-order valence-electron chi connectivity index (χ0n) is 20.5. The minimum Gasteiger partial charge on any atom is -0.241 e. The van der Waals surface area contributed by atoms with Gasteiger partial charge in [0.05, 0.1) is 38.8 Å². The van der Waals surface area contributed by atoms with Crippen LogP contribution in [0.15, 0.2) is 0 Å². The van der Waals surface area contributed by atoms with Gasteiger partial charge in [0.25, 0.3) is 0 Å². The molecular weight excluding hydrogens is 356 g/mol. The van der Waals surface area contributed by atoms with Crippen molar-refractivity contribution in [3.05, 3.63) is 0 Å². The van der Waals surface area contributed by atoms with E-state index in [4.69, 9.17) is 0 Å². The molecule has 168 valence electrons. The van der Waals surface area contributed by atoms with Crippen LogP contribution >= 0.6 is 0 Å². The maximum Gasteiger partial charge on any atom is 0.357 e. The van der Waals surface area contributed by atoms with Gasteiger partial charge in [0.15, 0.2) is 0 Å². The van der Waals surface area contributed by atoms with Crippen LogP contribution in [0.1, 0.15) is 92.9 Å². The van der Waals surface area contributed by atoms with Crippen LogP contribution in [-0.2, 0) is 0 Å². The maximum absolute atomic E-state index is 3.13. The predicted octanol–water partition coefficient (Wildman–Crippen LogP) is 4.60. The number of hydrogen-bond acceptors (Lipinski definition) is 2. The lowest BCUT2D eigenvalue weighted by Gasteiger charge is -2.58. The van der Waals surface area contributed by atoms with Crippen LogP contribution in [0, 0.1) is 0 Å². The predicted molar refractivity (Wildman–Crippen MR) is 122 cm³/mol. The van der Waals surface area contributed by atoms with E-state index < -0.39 is 0 Å². The summed E-state index contributed by atoms with van der Waals surface area (Å²) >= 11 is 0. The summed E-state index contributed by atoms with van der Waals surface area (Å²) in [6.45, 7) is 23.3. The van der Waals surface area contributed by atoms with Gasteiger partial charge in [-0.15, -0.1) is 0 Å². The van der Waals surface area contributed by atoms with E-state index in [1.165, 1.54) is 99.6 Å². The second-order valence-electron chi connectivity index (χ2n) is 11.4. The molecular formula is C25H50N4+2. The summed E-state index contributed by atoms with van der Waals surface area (Å²) < 4.78 is 2.81. The van der Waals surface area contributed by atoms with Gasteiger partial charge in [-0.3, -0.25) is 0 Å². The molecule has 0 aromatic heterocycles. The van der Waals surface area contributed by atoms with Crippen LogP contribution in [0.4, 0.5) is 0 Å². The molecule has 0 amide bonds. The quantitative estimate of drug-likeness (QED) is 0.595. The molecule has 29 heavy (non-hydrogen) atoms. The summed E-state index contributed by atoms with van der Waals surface area (Å²) in [5.41, 5.74) is 0. The fourth-order valence-corrected chi connectivity index (χ4v) is 8.73. The van der Waals surface area contributed by atoms with E-state index in [1.807, 2.05) is 0 Å². The Labute approximate surface area is 181 Å². The Bertz CT molecular complexity index is 561. The Kier molecular flexibility index (Phi) is 6.14. The molecule has 4 heterocycles. The van der Waals surface area contributed by atoms with E-state index in [-0.39, 0.29) is 5.91 Å². The van der Waals surface area contributed by atoms with Gasteiger partial charge < -0.3 is 0 Å². The van der Waals surface area contributed by atoms with Crippen LogP contribution in [-0.4, -0.2) is 88.1 Å². The van der Waals surface area contributed by atoms with Crippen LogP contribution < -0.4 is 0 Å². The van der Waals surface area contributed by atoms with E-state index in [0.29, 0.717) is 12.1 Å². The third-order valence-corrected chi connectivity index (χ3v) is 9.24. The van der Waals surface area contributed by atoms with Gasteiger partial charge in [0, 0.05) is 44.2 Å². The summed E-state index contributed by atoms with van der Waals surface area (Å²) in [7, 11) is 0. The Hall–Kier alpha value is -0.160. The van der Waals surface area contributed by atoms with Crippen molar-refractivity contribution in [3.63, 3.8) is 0 Å². The minimum absolute atomic E-state index is 0.203. The van der Waals surface area contributed by atoms with E-state index in [1.54, 1.807) is 0 Å². The van der Waals surface area contributed by atoms with E-state index >= 15 is 0 Å². The van der Waals surface area contributed by atoms with Crippen molar-refractivity contribution in [3.8, 4) is 0 Å². The summed E-state index contributed by atoms with van der Waals surface area (Å²) in [6, 6.07) is 2.85. The Morgan fingerprint density at radius 2 is 1.41 bits per heavy atom. The molecule has 0 aromatic rings. The number of nitrogens with zero attached hydrogens (tertiary/aromatic N) is 4. The van der Waals surface area contributed by atoms with Gasteiger partial charge in [0.1, 0.15) is 12.6 Å². The van der Waals surface area contributed by atoms with Gasteiger partial charge in [-0.05, 0) is 34.1 Å². The number of fused-ring (bicyclic) bond motifs is 2. The molecule has 4 heteroatoms. The van der Waals surface area contributed by atoms with Crippen LogP contribution in [0.2, 0.25) is 0 Å². The Balaban J connectivity index is 1.96. The first-order chi connectivity index (χ1) is 13.9. The first-order valence-corrected chi connectivity index (χ1v) is 13.2. The zero-order chi connectivity index (χ0) is 20.9. The highest BCUT2D eigenvalue weighted by atomic mass is 15.9. The van der Waals surface area contributed by atoms with Crippen LogP contribution in [0.25, 0.3) is 0 Å². The Morgan fingerprint density at radius 1 is 0.828 bits per heavy atom. The van der Waals surface area contributed by atoms with Gasteiger partial charge >= 0.3 is 5.91 Å². The SMILES string of the molecule is CCCC1C[N+]2(CCCC2)C2(N(C(C)C)CC(CCC)[N+]23CCCC3)N1C(C)C. The van der Waals surface area contributed by atoms with Gasteiger partial charge in [-0.2, -0.15) is 9.80 Å². The molecule has 3 spiro atoms. The fraction of sp³-hybridized carbons (Fsp3) is 1.00. The number of quaternary nitrogens is 2. The van der Waals surface area contributed by atoms with Gasteiger partial charge in [0.2, 0.25) is 0 Å². The molecule has 4 saturated heterocycles. The van der Waals surface area contributed by atoms with Crippen molar-refractivity contribution in [1.29, 1.82) is 0 Å². The molecule has 3 unspecified atom stereocenters. The average molecular weight is 407 g/mol. The standard InChI is InChI=1S/C25H50N4/c1-7-13-23-20-28(15-9-10-16-28)25(27(23)22(5)6)26(21(3)4)19-24(14-8-2)29(25)17-11-12-18-29/h21-24H,7-20H2,1-6H3/q+2. The first kappa shape index (κ1) is 22.0. The topological polar surface area (TPSA) is 6.48 Å². The highest BCUT2D eigenvalue weighted by Gasteiger charge is 2.82. The second-order valence-corrected chi connectivity index (χ2v) is 11.4. The molecule has 4 fully saturated rings. The van der Waals surface area contributed by atoms with Crippen LogP contribution in [0.5, 0.6) is 0 Å². The van der Waals surface area contributed by atoms with Crippen molar-refractivity contribution in [2.45, 2.75) is 123 Å². The van der Waals surface area contributed by atoms with Crippen LogP contribution in [0.3, 0.4) is 0 Å². The highest BCUT2D eigenvalue weighted by Crippen LogP contribution is 2.58. The summed E-state index contributed by atoms with van der Waals surface area (Å²) in [5.74, 6) is 0.203. The molecule has 0 saturated carbocycles. The third-order valence-electron chi connectivity index (χ3n) is 9.24. The van der Waals surface area contributed by atoms with Crippen molar-refractivity contribution in [2.24, 2.45) is 0 Å². The van der Waals surface area contributed by atoms with E-state index in [0.717, 1.165) is 12.1 Å². The van der Waals surface area contributed by atoms with E-state index in [9.17, 15) is 0 Å². The average Bonchev–Trinajstić information content (AvgIpc) is 3.42. The van der Waals surface area contributed by atoms with Crippen molar-refractivity contribution in [1.82, 2.24) is 9.80 Å². The monoisotopic (exact) mass is 406 g/mol. The molecule has 0 aliphatic carbocycles.